The summed E-state index contributed by atoms with van der Waals surface area (Å²) >= 11 is 0. The van der Waals surface area contributed by atoms with Crippen LogP contribution in [0.5, 0.6) is 0 Å². The van der Waals surface area contributed by atoms with Gasteiger partial charge < -0.3 is 0 Å². The molecule has 4 atom stereocenters. The van der Waals surface area contributed by atoms with E-state index in [9.17, 15) is 0 Å². The second-order valence-electron chi connectivity index (χ2n) is 4.59. The average Bonchev–Trinajstić information content (AvgIpc) is 2.60. The molecule has 1 aliphatic carbocycles. The van der Waals surface area contributed by atoms with E-state index < -0.39 is 0 Å². The van der Waals surface area contributed by atoms with Crippen molar-refractivity contribution < 1.29 is 0 Å². The Bertz CT molecular complexity index is 139. The molecule has 0 aromatic rings. The lowest BCUT2D eigenvalue weighted by Crippen LogP contribution is -2.10. The lowest BCUT2D eigenvalue weighted by atomic mass is 9.64. The van der Waals surface area contributed by atoms with E-state index in [1.807, 2.05) is 0 Å². The first kappa shape index (κ1) is 5.68. The van der Waals surface area contributed by atoms with Gasteiger partial charge in [0.15, 0.2) is 0 Å². The van der Waals surface area contributed by atoms with Crippen LogP contribution in [-0.4, -0.2) is 7.28 Å². The highest BCUT2D eigenvalue weighted by molar-refractivity contribution is 6.42. The minimum atomic E-state index is 1.19. The Morgan fingerprint density at radius 2 is 1.40 bits per heavy atom. The van der Waals surface area contributed by atoms with Gasteiger partial charge in [-0.25, -0.2) is 0 Å². The van der Waals surface area contributed by atoms with Crippen LogP contribution in [0.15, 0.2) is 0 Å². The van der Waals surface area contributed by atoms with Crippen LogP contribution in [0.1, 0.15) is 32.1 Å². The van der Waals surface area contributed by atoms with E-state index in [2.05, 4.69) is 0 Å². The third-order valence-corrected chi connectivity index (χ3v) is 4.35. The molecule has 0 spiro atoms. The zero-order valence-corrected chi connectivity index (χ0v) is 6.55. The van der Waals surface area contributed by atoms with E-state index in [0.717, 1.165) is 0 Å². The second-order valence-corrected chi connectivity index (χ2v) is 4.59. The molecule has 2 heterocycles. The van der Waals surface area contributed by atoms with Crippen molar-refractivity contribution in [1.29, 1.82) is 0 Å². The lowest BCUT2D eigenvalue weighted by Gasteiger charge is -2.24. The highest BCUT2D eigenvalue weighted by atomic mass is 14.5. The number of rotatable bonds is 0. The molecule has 2 saturated heterocycles. The molecule has 54 valence electrons. The number of hydrogen-bond donors (Lipinski definition) is 0. The molecule has 2 aliphatic heterocycles. The van der Waals surface area contributed by atoms with Crippen LogP contribution in [0.3, 0.4) is 0 Å². The highest BCUT2D eigenvalue weighted by Crippen LogP contribution is 2.60. The summed E-state index contributed by atoms with van der Waals surface area (Å²) in [6.07, 6.45) is 7.91. The summed E-state index contributed by atoms with van der Waals surface area (Å²) in [6, 6.07) is 0. The quantitative estimate of drug-likeness (QED) is 0.445. The fraction of sp³-hybridized carbons (Fsp3) is 1.00. The first-order valence-electron chi connectivity index (χ1n) is 4.95. The van der Waals surface area contributed by atoms with Crippen molar-refractivity contribution in [1.82, 2.24) is 0 Å². The Hall–Kier alpha value is 0.0649. The smallest absolute Gasteiger partial charge is 0.0624 e. The molecule has 0 nitrogen and oxygen atoms in total. The molecule has 3 rings (SSSR count). The van der Waals surface area contributed by atoms with Crippen molar-refractivity contribution in [2.24, 2.45) is 11.8 Å². The summed E-state index contributed by atoms with van der Waals surface area (Å²) in [7, 11) is 1.62. The average molecular weight is 134 g/mol. The molecule has 0 amide bonds. The minimum absolute atomic E-state index is 1.19. The van der Waals surface area contributed by atoms with Crippen molar-refractivity contribution >= 4 is 7.28 Å². The highest BCUT2D eigenvalue weighted by Gasteiger charge is 2.49. The summed E-state index contributed by atoms with van der Waals surface area (Å²) in [5.74, 6) is 4.80. The topological polar surface area (TPSA) is 0 Å². The maximum atomic E-state index is 1.62. The van der Waals surface area contributed by atoms with Crippen molar-refractivity contribution in [3.63, 3.8) is 0 Å². The van der Waals surface area contributed by atoms with E-state index in [-0.39, 0.29) is 0 Å². The normalized spacial score (nSPS) is 56.8. The first-order valence-corrected chi connectivity index (χ1v) is 4.95. The predicted octanol–water partition coefficient (Wildman–Crippen LogP) is 2.22. The van der Waals surface area contributed by atoms with Crippen molar-refractivity contribution in [2.45, 2.75) is 43.7 Å². The molecule has 3 fully saturated rings. The predicted molar refractivity (Wildman–Crippen MR) is 44.7 cm³/mol. The van der Waals surface area contributed by atoms with Gasteiger partial charge in [-0.15, -0.1) is 0 Å². The maximum absolute atomic E-state index is 1.62. The van der Waals surface area contributed by atoms with Crippen LogP contribution in [0.25, 0.3) is 0 Å². The summed E-state index contributed by atoms with van der Waals surface area (Å²) in [6.45, 7) is 0. The fourth-order valence-electron chi connectivity index (χ4n) is 4.02. The molecule has 0 radical (unpaired) electrons. The standard InChI is InChI=1S/C9H15B/c1-2-6-7(3-1)9-5-4-8(6)10-9/h6-10H,1-5H2. The Balaban J connectivity index is 1.92. The lowest BCUT2D eigenvalue weighted by molar-refractivity contribution is 0.321. The third-order valence-electron chi connectivity index (χ3n) is 4.35. The molecule has 0 aromatic carbocycles. The van der Waals surface area contributed by atoms with Crippen molar-refractivity contribution in [3.05, 3.63) is 0 Å². The maximum Gasteiger partial charge on any atom is 0.128 e. The van der Waals surface area contributed by atoms with Gasteiger partial charge in [-0.1, -0.05) is 43.7 Å². The van der Waals surface area contributed by atoms with Crippen molar-refractivity contribution in [2.75, 3.05) is 0 Å². The summed E-state index contributed by atoms with van der Waals surface area (Å²) in [5, 5.41) is 0. The molecule has 0 N–H and O–H groups in total. The van der Waals surface area contributed by atoms with Gasteiger partial charge in [0.2, 0.25) is 0 Å². The largest absolute Gasteiger partial charge is 0.128 e. The van der Waals surface area contributed by atoms with Gasteiger partial charge >= 0.3 is 0 Å². The van der Waals surface area contributed by atoms with Crippen LogP contribution >= 0.6 is 0 Å². The third kappa shape index (κ3) is 0.550. The van der Waals surface area contributed by atoms with Gasteiger partial charge in [-0.05, 0) is 11.8 Å². The van der Waals surface area contributed by atoms with E-state index in [0.29, 0.717) is 0 Å². The molecule has 1 heteroatoms. The monoisotopic (exact) mass is 134 g/mol. The number of hydrogen-bond acceptors (Lipinski definition) is 0. The second kappa shape index (κ2) is 1.81. The van der Waals surface area contributed by atoms with Crippen molar-refractivity contribution in [3.8, 4) is 0 Å². The first-order chi connectivity index (χ1) is 4.95. The van der Waals surface area contributed by atoms with Crippen LogP contribution in [0.4, 0.5) is 0 Å². The molecule has 1 saturated carbocycles. The van der Waals surface area contributed by atoms with E-state index in [1.165, 1.54) is 23.5 Å². The Labute approximate surface area is 63.6 Å². The minimum Gasteiger partial charge on any atom is -0.0624 e. The van der Waals surface area contributed by atoms with Gasteiger partial charge in [0.1, 0.15) is 7.28 Å². The summed E-state index contributed by atoms with van der Waals surface area (Å²) in [4.78, 5) is 0. The van der Waals surface area contributed by atoms with Gasteiger partial charge in [0, 0.05) is 0 Å². The molecule has 10 heavy (non-hydrogen) atoms. The molecule has 4 unspecified atom stereocenters. The van der Waals surface area contributed by atoms with Gasteiger partial charge in [0.25, 0.3) is 0 Å². The Kier molecular flexibility index (Phi) is 1.03. The Morgan fingerprint density at radius 1 is 0.800 bits per heavy atom. The summed E-state index contributed by atoms with van der Waals surface area (Å²) < 4.78 is 0. The zero-order chi connectivity index (χ0) is 6.55. The number of fused-ring (bicyclic) bond motifs is 5. The Morgan fingerprint density at radius 3 is 2.00 bits per heavy atom. The van der Waals surface area contributed by atoms with Crippen LogP contribution in [-0.2, 0) is 0 Å². The fourth-order valence-corrected chi connectivity index (χ4v) is 4.02. The molecule has 0 aromatic heterocycles. The SMILES string of the molecule is B1C2CCC1C1CCCC21. The molecular formula is C9H15B. The van der Waals surface area contributed by atoms with E-state index >= 15 is 0 Å². The summed E-state index contributed by atoms with van der Waals surface area (Å²) in [5.41, 5.74) is 0. The zero-order valence-electron chi connectivity index (χ0n) is 6.55. The molecule has 3 aliphatic rings. The van der Waals surface area contributed by atoms with Gasteiger partial charge in [-0.2, -0.15) is 0 Å². The molecular weight excluding hydrogens is 119 g/mol. The van der Waals surface area contributed by atoms with Gasteiger partial charge in [-0.3, -0.25) is 0 Å². The molecule has 2 bridgehead atoms. The van der Waals surface area contributed by atoms with Crippen LogP contribution < -0.4 is 0 Å². The van der Waals surface area contributed by atoms with Crippen LogP contribution in [0.2, 0.25) is 11.6 Å². The van der Waals surface area contributed by atoms with E-state index in [4.69, 9.17) is 0 Å². The van der Waals surface area contributed by atoms with Gasteiger partial charge in [0.05, 0.1) is 0 Å². The van der Waals surface area contributed by atoms with Crippen LogP contribution in [0, 0.1) is 11.8 Å². The van der Waals surface area contributed by atoms with E-state index in [1.54, 1.807) is 39.4 Å².